The number of benzene rings is 2. The molecule has 1 unspecified atom stereocenters. The van der Waals surface area contributed by atoms with Gasteiger partial charge < -0.3 is 5.32 Å². The van der Waals surface area contributed by atoms with Crippen LogP contribution in [0.5, 0.6) is 0 Å². The Morgan fingerprint density at radius 2 is 1.61 bits per heavy atom. The van der Waals surface area contributed by atoms with E-state index in [4.69, 9.17) is 0 Å². The van der Waals surface area contributed by atoms with Gasteiger partial charge in [0.2, 0.25) is 5.91 Å². The number of para-hydroxylation sites is 1. The minimum atomic E-state index is -3.01. The van der Waals surface area contributed by atoms with E-state index in [0.717, 1.165) is 16.9 Å². The molecule has 1 aromatic heterocycles. The maximum atomic E-state index is 13.1. The maximum Gasteiger partial charge on any atom is 0.241 e. The first-order chi connectivity index (χ1) is 15.0. The third-order valence-electron chi connectivity index (χ3n) is 5.45. The zero-order valence-corrected chi connectivity index (χ0v) is 18.0. The highest BCUT2D eigenvalue weighted by Gasteiger charge is 2.32. The van der Waals surface area contributed by atoms with Gasteiger partial charge in [0.1, 0.15) is 6.04 Å². The molecule has 1 aliphatic rings. The third kappa shape index (κ3) is 5.39. The van der Waals surface area contributed by atoms with Crippen molar-refractivity contribution in [3.8, 4) is 5.69 Å². The molecule has 1 aliphatic heterocycles. The Kier molecular flexibility index (Phi) is 6.48. The van der Waals surface area contributed by atoms with E-state index in [-0.39, 0.29) is 17.4 Å². The van der Waals surface area contributed by atoms with E-state index in [2.05, 4.69) is 10.4 Å². The van der Waals surface area contributed by atoms with Gasteiger partial charge in [0.15, 0.2) is 9.84 Å². The number of rotatable bonds is 7. The molecular weight excluding hydrogens is 412 g/mol. The largest absolute Gasteiger partial charge is 0.354 e. The average Bonchev–Trinajstić information content (AvgIpc) is 3.25. The number of nitrogens with zero attached hydrogens (tertiary/aromatic N) is 3. The fourth-order valence-electron chi connectivity index (χ4n) is 3.78. The molecule has 1 amide bonds. The van der Waals surface area contributed by atoms with Crippen LogP contribution in [-0.2, 0) is 21.1 Å². The summed E-state index contributed by atoms with van der Waals surface area (Å²) in [7, 11) is -3.01. The predicted molar refractivity (Wildman–Crippen MR) is 120 cm³/mol. The van der Waals surface area contributed by atoms with Crippen molar-refractivity contribution in [3.05, 3.63) is 84.2 Å². The summed E-state index contributed by atoms with van der Waals surface area (Å²) >= 11 is 0. The minimum Gasteiger partial charge on any atom is -0.354 e. The summed E-state index contributed by atoms with van der Waals surface area (Å²) in [6, 6.07) is 20.8. The van der Waals surface area contributed by atoms with Crippen molar-refractivity contribution in [1.29, 1.82) is 0 Å². The first kappa shape index (κ1) is 21.3. The molecule has 1 atom stereocenters. The Morgan fingerprint density at radius 3 is 2.29 bits per heavy atom. The lowest BCUT2D eigenvalue weighted by Gasteiger charge is -2.33. The van der Waals surface area contributed by atoms with Gasteiger partial charge in [-0.3, -0.25) is 9.69 Å². The molecule has 7 nitrogen and oxygen atoms in total. The molecule has 1 fully saturated rings. The Hall–Kier alpha value is -2.97. The van der Waals surface area contributed by atoms with Crippen LogP contribution in [0.15, 0.2) is 72.9 Å². The summed E-state index contributed by atoms with van der Waals surface area (Å²) < 4.78 is 25.5. The SMILES string of the molecule is O=C(NCCc1ccn(-c2ccccc2)n1)C(c1ccccc1)N1CCS(=O)(=O)CC1. The van der Waals surface area contributed by atoms with Crippen LogP contribution in [0.25, 0.3) is 5.69 Å². The van der Waals surface area contributed by atoms with E-state index in [1.54, 1.807) is 0 Å². The molecule has 3 aromatic rings. The van der Waals surface area contributed by atoms with Crippen LogP contribution >= 0.6 is 0 Å². The lowest BCUT2D eigenvalue weighted by atomic mass is 10.0. The van der Waals surface area contributed by atoms with Crippen LogP contribution in [0.1, 0.15) is 17.3 Å². The van der Waals surface area contributed by atoms with Gasteiger partial charge in [-0.05, 0) is 23.8 Å². The number of hydrogen-bond donors (Lipinski definition) is 1. The number of nitrogens with one attached hydrogen (secondary N) is 1. The molecule has 0 bridgehead atoms. The Bertz CT molecular complexity index is 1100. The van der Waals surface area contributed by atoms with Crippen molar-refractivity contribution >= 4 is 15.7 Å². The van der Waals surface area contributed by atoms with Crippen LogP contribution in [0.2, 0.25) is 0 Å². The molecule has 0 radical (unpaired) electrons. The quantitative estimate of drug-likeness (QED) is 0.610. The third-order valence-corrected chi connectivity index (χ3v) is 7.06. The molecule has 1 N–H and O–H groups in total. The van der Waals surface area contributed by atoms with Crippen LogP contribution in [0.3, 0.4) is 0 Å². The van der Waals surface area contributed by atoms with Gasteiger partial charge in [0, 0.05) is 32.3 Å². The molecule has 0 spiro atoms. The van der Waals surface area contributed by atoms with Crippen LogP contribution in [-0.4, -0.2) is 60.1 Å². The molecule has 0 aliphatic carbocycles. The van der Waals surface area contributed by atoms with Gasteiger partial charge in [-0.15, -0.1) is 0 Å². The van der Waals surface area contributed by atoms with Crippen molar-refractivity contribution in [3.63, 3.8) is 0 Å². The molecule has 31 heavy (non-hydrogen) atoms. The summed E-state index contributed by atoms with van der Waals surface area (Å²) in [6.07, 6.45) is 2.52. The fourth-order valence-corrected chi connectivity index (χ4v) is 5.01. The van der Waals surface area contributed by atoms with Crippen molar-refractivity contribution in [2.24, 2.45) is 0 Å². The number of carbonyl (C=O) groups is 1. The number of sulfone groups is 1. The summed E-state index contributed by atoms with van der Waals surface area (Å²) in [4.78, 5) is 15.0. The van der Waals surface area contributed by atoms with Crippen molar-refractivity contribution < 1.29 is 13.2 Å². The van der Waals surface area contributed by atoms with E-state index in [1.165, 1.54) is 0 Å². The number of aromatic nitrogens is 2. The van der Waals surface area contributed by atoms with Gasteiger partial charge in [-0.25, -0.2) is 13.1 Å². The van der Waals surface area contributed by atoms with Gasteiger partial charge in [-0.1, -0.05) is 48.5 Å². The van der Waals surface area contributed by atoms with Gasteiger partial charge in [-0.2, -0.15) is 5.10 Å². The monoisotopic (exact) mass is 438 g/mol. The first-order valence-electron chi connectivity index (χ1n) is 10.4. The number of hydrogen-bond acceptors (Lipinski definition) is 5. The summed E-state index contributed by atoms with van der Waals surface area (Å²) in [5.74, 6) is 0.0501. The zero-order chi connectivity index (χ0) is 21.7. The second-order valence-electron chi connectivity index (χ2n) is 7.63. The molecule has 4 rings (SSSR count). The fraction of sp³-hybridized carbons (Fsp3) is 0.304. The van der Waals surface area contributed by atoms with Crippen LogP contribution in [0.4, 0.5) is 0 Å². The van der Waals surface area contributed by atoms with Gasteiger partial charge in [0.25, 0.3) is 0 Å². The van der Waals surface area contributed by atoms with E-state index >= 15 is 0 Å². The topological polar surface area (TPSA) is 84.3 Å². The molecule has 1 saturated heterocycles. The number of carbonyl (C=O) groups excluding carboxylic acids is 1. The molecule has 162 valence electrons. The predicted octanol–water partition coefficient (Wildman–Crippen LogP) is 2.00. The second-order valence-corrected chi connectivity index (χ2v) is 9.93. The standard InChI is InChI=1S/C23H26N4O3S/c28-23(24-13-11-20-12-14-27(25-20)21-9-5-2-6-10-21)22(19-7-3-1-4-8-19)26-15-17-31(29,30)18-16-26/h1-10,12,14,22H,11,13,15-18H2,(H,24,28). The summed E-state index contributed by atoms with van der Waals surface area (Å²) in [5.41, 5.74) is 2.75. The zero-order valence-electron chi connectivity index (χ0n) is 17.2. The normalized spacial score (nSPS) is 17.2. The summed E-state index contributed by atoms with van der Waals surface area (Å²) in [6.45, 7) is 1.17. The highest BCUT2D eigenvalue weighted by atomic mass is 32.2. The van der Waals surface area contributed by atoms with Crippen LogP contribution in [0, 0.1) is 0 Å². The first-order valence-corrected chi connectivity index (χ1v) is 12.2. The lowest BCUT2D eigenvalue weighted by Crippen LogP contribution is -2.47. The highest BCUT2D eigenvalue weighted by Crippen LogP contribution is 2.23. The van der Waals surface area contributed by atoms with Crippen molar-refractivity contribution in [2.75, 3.05) is 31.1 Å². The highest BCUT2D eigenvalue weighted by molar-refractivity contribution is 7.91. The van der Waals surface area contributed by atoms with Crippen LogP contribution < -0.4 is 5.32 Å². The second kappa shape index (κ2) is 9.45. The Balaban J connectivity index is 1.39. The van der Waals surface area contributed by atoms with Crippen molar-refractivity contribution in [2.45, 2.75) is 12.5 Å². The average molecular weight is 439 g/mol. The molecule has 2 heterocycles. The molecule has 2 aromatic carbocycles. The minimum absolute atomic E-state index is 0.0839. The molecule has 0 saturated carbocycles. The lowest BCUT2D eigenvalue weighted by molar-refractivity contribution is -0.126. The Labute approximate surface area is 182 Å². The Morgan fingerprint density at radius 1 is 0.968 bits per heavy atom. The molecular formula is C23H26N4O3S. The van der Waals surface area contributed by atoms with E-state index in [9.17, 15) is 13.2 Å². The van der Waals surface area contributed by atoms with Gasteiger partial charge >= 0.3 is 0 Å². The van der Waals surface area contributed by atoms with E-state index < -0.39 is 15.9 Å². The smallest absolute Gasteiger partial charge is 0.241 e. The van der Waals surface area contributed by atoms with E-state index in [0.29, 0.717) is 26.1 Å². The van der Waals surface area contributed by atoms with E-state index in [1.807, 2.05) is 82.5 Å². The summed E-state index contributed by atoms with van der Waals surface area (Å²) in [5, 5.41) is 7.59. The van der Waals surface area contributed by atoms with Crippen molar-refractivity contribution in [1.82, 2.24) is 20.0 Å². The van der Waals surface area contributed by atoms with Gasteiger partial charge in [0.05, 0.1) is 22.9 Å². The molecule has 8 heteroatoms. The number of amides is 1. The maximum absolute atomic E-state index is 13.1.